The Kier molecular flexibility index (Phi) is 5.55. The molecule has 0 atom stereocenters. The maximum Gasteiger partial charge on any atom is 0.103 e. The predicted molar refractivity (Wildman–Crippen MR) is 98.9 cm³/mol. The van der Waals surface area contributed by atoms with E-state index in [-0.39, 0.29) is 6.61 Å². The monoisotopic (exact) mass is 404 g/mol. The molecule has 0 saturated heterocycles. The van der Waals surface area contributed by atoms with Crippen LogP contribution in [0.25, 0.3) is 11.3 Å². The summed E-state index contributed by atoms with van der Waals surface area (Å²) in [7, 11) is 0. The van der Waals surface area contributed by atoms with Gasteiger partial charge in [0, 0.05) is 28.3 Å². The van der Waals surface area contributed by atoms with Crippen molar-refractivity contribution in [2.75, 3.05) is 6.61 Å². The van der Waals surface area contributed by atoms with Crippen LogP contribution in [0.2, 0.25) is 5.02 Å². The summed E-state index contributed by atoms with van der Waals surface area (Å²) in [5, 5.41) is 19.2. The first-order chi connectivity index (χ1) is 11.6. The van der Waals surface area contributed by atoms with Crippen molar-refractivity contribution in [2.24, 2.45) is 5.92 Å². The molecule has 1 aliphatic carbocycles. The first-order valence-corrected chi connectivity index (χ1v) is 9.26. The lowest BCUT2D eigenvalue weighted by Crippen LogP contribution is -2.17. The highest BCUT2D eigenvalue weighted by molar-refractivity contribution is 9.10. The average Bonchev–Trinajstić information content (AvgIpc) is 2.62. The molecule has 3 rings (SSSR count). The van der Waals surface area contributed by atoms with Crippen LogP contribution < -0.4 is 0 Å². The van der Waals surface area contributed by atoms with E-state index in [1.807, 2.05) is 30.3 Å². The van der Waals surface area contributed by atoms with Gasteiger partial charge in [0.25, 0.3) is 0 Å². The number of hydrogen-bond donors (Lipinski definition) is 1. The third kappa shape index (κ3) is 3.64. The van der Waals surface area contributed by atoms with Crippen molar-refractivity contribution in [1.29, 1.82) is 5.26 Å². The fourth-order valence-electron chi connectivity index (χ4n) is 3.31. The molecule has 1 fully saturated rings. The minimum atomic E-state index is 0.262. The van der Waals surface area contributed by atoms with E-state index in [0.29, 0.717) is 28.1 Å². The zero-order chi connectivity index (χ0) is 17.1. The number of aromatic nitrogens is 1. The van der Waals surface area contributed by atoms with Gasteiger partial charge in [-0.1, -0.05) is 39.7 Å². The Balaban J connectivity index is 1.98. The topological polar surface area (TPSA) is 56.9 Å². The molecule has 0 unspecified atom stereocenters. The van der Waals surface area contributed by atoms with Crippen LogP contribution in [0.5, 0.6) is 0 Å². The van der Waals surface area contributed by atoms with Gasteiger partial charge >= 0.3 is 0 Å². The quantitative estimate of drug-likeness (QED) is 0.753. The van der Waals surface area contributed by atoms with Crippen molar-refractivity contribution in [3.63, 3.8) is 0 Å². The summed E-state index contributed by atoms with van der Waals surface area (Å²) in [5.41, 5.74) is 2.92. The van der Waals surface area contributed by atoms with Gasteiger partial charge in [-0.25, -0.2) is 0 Å². The van der Waals surface area contributed by atoms with Gasteiger partial charge in [-0.15, -0.1) is 0 Å². The highest BCUT2D eigenvalue weighted by Gasteiger charge is 2.24. The van der Waals surface area contributed by atoms with Gasteiger partial charge < -0.3 is 5.11 Å². The maximum absolute atomic E-state index is 9.47. The zero-order valence-corrected chi connectivity index (χ0v) is 15.5. The molecule has 1 aromatic carbocycles. The Morgan fingerprint density at radius 3 is 2.46 bits per heavy atom. The molecule has 0 amide bonds. The van der Waals surface area contributed by atoms with Gasteiger partial charge in [0.15, 0.2) is 0 Å². The maximum atomic E-state index is 9.47. The summed E-state index contributed by atoms with van der Waals surface area (Å²) in [4.78, 5) is 4.79. The number of hydrogen-bond acceptors (Lipinski definition) is 3. The summed E-state index contributed by atoms with van der Waals surface area (Å²) < 4.78 is 0.981. The molecule has 124 valence electrons. The van der Waals surface area contributed by atoms with Gasteiger partial charge in [-0.3, -0.25) is 4.98 Å². The molecule has 1 aromatic heterocycles. The van der Waals surface area contributed by atoms with E-state index < -0.39 is 0 Å². The van der Waals surface area contributed by atoms with Gasteiger partial charge in [0.2, 0.25) is 0 Å². The Labute approximate surface area is 155 Å². The van der Waals surface area contributed by atoms with Crippen LogP contribution in [0.1, 0.15) is 42.9 Å². The summed E-state index contributed by atoms with van der Waals surface area (Å²) in [5.74, 6) is 0.744. The predicted octanol–water partition coefficient (Wildman–Crippen LogP) is 5.30. The molecule has 0 aliphatic heterocycles. The first kappa shape index (κ1) is 17.4. The number of nitriles is 1. The van der Waals surface area contributed by atoms with Crippen LogP contribution in [0.15, 0.2) is 34.8 Å². The highest BCUT2D eigenvalue weighted by Crippen LogP contribution is 2.38. The number of nitrogens with zero attached hydrogens (tertiary/aromatic N) is 2. The van der Waals surface area contributed by atoms with E-state index in [1.165, 1.54) is 0 Å². The molecular weight excluding hydrogens is 388 g/mol. The van der Waals surface area contributed by atoms with E-state index in [0.717, 1.165) is 41.4 Å². The third-order valence-corrected chi connectivity index (χ3v) is 5.57. The minimum Gasteiger partial charge on any atom is -0.396 e. The summed E-state index contributed by atoms with van der Waals surface area (Å²) >= 11 is 9.80. The Morgan fingerprint density at radius 2 is 1.88 bits per heavy atom. The second-order valence-electron chi connectivity index (χ2n) is 6.27. The largest absolute Gasteiger partial charge is 0.396 e. The lowest BCUT2D eigenvalue weighted by atomic mass is 9.80. The van der Waals surface area contributed by atoms with Crippen molar-refractivity contribution >= 4 is 27.5 Å². The van der Waals surface area contributed by atoms with E-state index in [2.05, 4.69) is 22.0 Å². The lowest BCUT2D eigenvalue weighted by Gasteiger charge is -2.27. The zero-order valence-electron chi connectivity index (χ0n) is 13.2. The fraction of sp³-hybridized carbons (Fsp3) is 0.368. The molecule has 1 saturated carbocycles. The molecule has 1 aliphatic rings. The Bertz CT molecular complexity index is 762. The van der Waals surface area contributed by atoms with Gasteiger partial charge in [0.05, 0.1) is 16.3 Å². The summed E-state index contributed by atoms with van der Waals surface area (Å²) in [6.45, 7) is 0.262. The van der Waals surface area contributed by atoms with E-state index in [9.17, 15) is 10.4 Å². The molecule has 0 spiro atoms. The first-order valence-electron chi connectivity index (χ1n) is 8.09. The molecule has 24 heavy (non-hydrogen) atoms. The van der Waals surface area contributed by atoms with E-state index in [1.54, 1.807) is 0 Å². The van der Waals surface area contributed by atoms with E-state index >= 15 is 0 Å². The number of benzene rings is 1. The second-order valence-corrected chi connectivity index (χ2v) is 7.59. The van der Waals surface area contributed by atoms with Crippen LogP contribution in [-0.2, 0) is 0 Å². The SMILES string of the molecule is N#Cc1c(Cl)cc(C2CCC(CO)CC2)nc1-c1ccc(Br)cc1. The molecule has 1 N–H and O–H groups in total. The van der Waals surface area contributed by atoms with Crippen molar-refractivity contribution in [3.8, 4) is 17.3 Å². The number of aliphatic hydroxyl groups is 1. The van der Waals surface area contributed by atoms with Crippen LogP contribution in [0.3, 0.4) is 0 Å². The number of rotatable bonds is 3. The van der Waals surface area contributed by atoms with Crippen molar-refractivity contribution in [3.05, 3.63) is 51.1 Å². The molecule has 1 heterocycles. The van der Waals surface area contributed by atoms with Crippen LogP contribution in [0.4, 0.5) is 0 Å². The van der Waals surface area contributed by atoms with Crippen LogP contribution >= 0.6 is 27.5 Å². The average molecular weight is 406 g/mol. The molecule has 2 aromatic rings. The molecule has 3 nitrogen and oxygen atoms in total. The molecule has 5 heteroatoms. The lowest BCUT2D eigenvalue weighted by molar-refractivity contribution is 0.182. The van der Waals surface area contributed by atoms with Crippen molar-refractivity contribution < 1.29 is 5.11 Å². The number of pyridine rings is 1. The van der Waals surface area contributed by atoms with E-state index in [4.69, 9.17) is 16.6 Å². The molecular formula is C19H18BrClN2O. The van der Waals surface area contributed by atoms with Gasteiger partial charge in [-0.05, 0) is 49.8 Å². The van der Waals surface area contributed by atoms with Crippen molar-refractivity contribution in [2.45, 2.75) is 31.6 Å². The molecule has 0 bridgehead atoms. The van der Waals surface area contributed by atoms with Crippen LogP contribution in [-0.4, -0.2) is 16.7 Å². The molecule has 0 radical (unpaired) electrons. The summed E-state index contributed by atoms with van der Waals surface area (Å²) in [6.07, 6.45) is 4.02. The Morgan fingerprint density at radius 1 is 1.21 bits per heavy atom. The standard InChI is InChI=1S/C19H18BrClN2O/c20-15-7-5-14(6-8-15)19-16(10-22)17(21)9-18(23-19)13-3-1-12(11-24)2-4-13/h5-9,12-13,24H,1-4,11H2. The normalized spacial score (nSPS) is 20.6. The number of aliphatic hydroxyl groups excluding tert-OH is 1. The van der Waals surface area contributed by atoms with Crippen LogP contribution in [0, 0.1) is 17.2 Å². The minimum absolute atomic E-state index is 0.262. The smallest absolute Gasteiger partial charge is 0.103 e. The second kappa shape index (κ2) is 7.65. The van der Waals surface area contributed by atoms with Gasteiger partial charge in [0.1, 0.15) is 6.07 Å². The number of halogens is 2. The highest BCUT2D eigenvalue weighted by atomic mass is 79.9. The van der Waals surface area contributed by atoms with Crippen molar-refractivity contribution in [1.82, 2.24) is 4.98 Å². The summed E-state index contributed by atoms with van der Waals surface area (Å²) in [6, 6.07) is 11.8. The Hall–Kier alpha value is -1.41. The fourth-order valence-corrected chi connectivity index (χ4v) is 3.81. The van der Waals surface area contributed by atoms with Gasteiger partial charge in [-0.2, -0.15) is 5.26 Å². The third-order valence-electron chi connectivity index (χ3n) is 4.74.